The molecule has 158 valence electrons. The van der Waals surface area contributed by atoms with E-state index < -0.39 is 10.0 Å². The number of anilines is 1. The van der Waals surface area contributed by atoms with E-state index in [0.717, 1.165) is 0 Å². The van der Waals surface area contributed by atoms with Crippen LogP contribution in [0.25, 0.3) is 5.82 Å². The number of sulfonamides is 1. The first-order valence-electron chi connectivity index (χ1n) is 8.90. The van der Waals surface area contributed by atoms with Gasteiger partial charge in [-0.15, -0.1) is 0 Å². The highest BCUT2D eigenvalue weighted by Gasteiger charge is 2.17. The summed E-state index contributed by atoms with van der Waals surface area (Å²) >= 11 is 0. The number of ether oxygens (including phenoxy) is 2. The number of nitrogens with zero attached hydrogens (tertiary/aromatic N) is 3. The number of carbonyl (C=O) groups is 1. The van der Waals surface area contributed by atoms with Crippen molar-refractivity contribution in [2.75, 3.05) is 26.1 Å². The van der Waals surface area contributed by atoms with Crippen LogP contribution in [0.15, 0.2) is 59.9 Å². The predicted molar refractivity (Wildman–Crippen MR) is 109 cm³/mol. The molecule has 0 atom stereocenters. The molecule has 0 saturated heterocycles. The molecule has 3 rings (SSSR count). The highest BCUT2D eigenvalue weighted by Crippen LogP contribution is 2.29. The zero-order valence-electron chi connectivity index (χ0n) is 16.4. The third kappa shape index (κ3) is 5.13. The van der Waals surface area contributed by atoms with Crippen molar-refractivity contribution >= 4 is 21.6 Å². The second kappa shape index (κ2) is 9.37. The van der Waals surface area contributed by atoms with Gasteiger partial charge in [0.25, 0.3) is 0 Å². The largest absolute Gasteiger partial charge is 0.493 e. The van der Waals surface area contributed by atoms with Gasteiger partial charge < -0.3 is 14.8 Å². The number of nitrogens with one attached hydrogen (secondary N) is 2. The average molecular weight is 431 g/mol. The highest BCUT2D eigenvalue weighted by atomic mass is 32.2. The fraction of sp³-hybridized carbons (Fsp3) is 0.211. The van der Waals surface area contributed by atoms with Gasteiger partial charge in [0.1, 0.15) is 0 Å². The maximum Gasteiger partial charge on any atom is 0.240 e. The van der Waals surface area contributed by atoms with Gasteiger partial charge in [-0.3, -0.25) is 4.79 Å². The number of hydrogen-bond acceptors (Lipinski definition) is 7. The Morgan fingerprint density at radius 1 is 1.13 bits per heavy atom. The maximum absolute atomic E-state index is 12.4. The third-order valence-corrected chi connectivity index (χ3v) is 5.54. The number of benzene rings is 1. The Morgan fingerprint density at radius 2 is 1.93 bits per heavy atom. The van der Waals surface area contributed by atoms with E-state index in [4.69, 9.17) is 9.47 Å². The topological polar surface area (TPSA) is 124 Å². The molecule has 3 aromatic rings. The molecule has 10 nitrogen and oxygen atoms in total. The zero-order valence-corrected chi connectivity index (χ0v) is 17.2. The lowest BCUT2D eigenvalue weighted by molar-refractivity contribution is -0.116. The summed E-state index contributed by atoms with van der Waals surface area (Å²) < 4.78 is 39.1. The smallest absolute Gasteiger partial charge is 0.240 e. The number of carbonyl (C=O) groups excluding carboxylic acids is 1. The first-order chi connectivity index (χ1) is 14.4. The molecule has 1 amide bonds. The Morgan fingerprint density at radius 3 is 2.57 bits per heavy atom. The van der Waals surface area contributed by atoms with Crippen molar-refractivity contribution in [3.8, 4) is 17.3 Å². The number of amides is 1. The van der Waals surface area contributed by atoms with Crippen LogP contribution in [0.3, 0.4) is 0 Å². The molecule has 2 N–H and O–H groups in total. The summed E-state index contributed by atoms with van der Waals surface area (Å²) in [4.78, 5) is 16.3. The minimum Gasteiger partial charge on any atom is -0.493 e. The van der Waals surface area contributed by atoms with Gasteiger partial charge in [0.05, 0.1) is 31.0 Å². The number of rotatable bonds is 9. The van der Waals surface area contributed by atoms with Crippen LogP contribution in [-0.2, 0) is 14.8 Å². The lowest BCUT2D eigenvalue weighted by atomic mass is 10.3. The molecule has 2 heterocycles. The molecule has 0 unspecified atom stereocenters. The van der Waals surface area contributed by atoms with E-state index in [2.05, 4.69) is 20.1 Å². The number of pyridine rings is 1. The van der Waals surface area contributed by atoms with Gasteiger partial charge in [0, 0.05) is 31.4 Å². The molecule has 0 spiro atoms. The van der Waals surface area contributed by atoms with E-state index in [9.17, 15) is 13.2 Å². The fourth-order valence-electron chi connectivity index (χ4n) is 2.59. The molecule has 0 bridgehead atoms. The molecule has 0 aliphatic heterocycles. The van der Waals surface area contributed by atoms with Crippen molar-refractivity contribution in [3.05, 3.63) is 55.0 Å². The van der Waals surface area contributed by atoms with Gasteiger partial charge in [0.2, 0.25) is 15.9 Å². The van der Waals surface area contributed by atoms with Crippen molar-refractivity contribution in [2.45, 2.75) is 11.3 Å². The summed E-state index contributed by atoms with van der Waals surface area (Å²) in [6.45, 7) is -0.0681. The Kier molecular flexibility index (Phi) is 6.65. The lowest BCUT2D eigenvalue weighted by Gasteiger charge is -2.11. The molecule has 30 heavy (non-hydrogen) atoms. The van der Waals surface area contributed by atoms with Crippen LogP contribution in [0.2, 0.25) is 0 Å². The molecular weight excluding hydrogens is 410 g/mol. The molecule has 0 aliphatic carbocycles. The average Bonchev–Trinajstić information content (AvgIpc) is 3.28. The fourth-order valence-corrected chi connectivity index (χ4v) is 3.64. The van der Waals surface area contributed by atoms with Crippen LogP contribution in [0, 0.1) is 0 Å². The second-order valence-corrected chi connectivity index (χ2v) is 7.84. The molecule has 0 fully saturated rings. The van der Waals surface area contributed by atoms with E-state index in [-0.39, 0.29) is 23.8 Å². The standard InChI is InChI=1S/C19H21N5O5S/c1-28-16-6-5-15(12-17(16)29-2)30(26,27)22-10-8-19(25)23-14-4-7-18(20-13-14)24-11-3-9-21-24/h3-7,9,11-13,22H,8,10H2,1-2H3,(H,23,25). The van der Waals surface area contributed by atoms with Crippen molar-refractivity contribution in [2.24, 2.45) is 0 Å². The van der Waals surface area contributed by atoms with Crippen LogP contribution in [-0.4, -0.2) is 49.9 Å². The van der Waals surface area contributed by atoms with Gasteiger partial charge in [-0.1, -0.05) is 0 Å². The summed E-state index contributed by atoms with van der Waals surface area (Å²) in [5.74, 6) is 0.978. The number of aromatic nitrogens is 3. The molecule has 2 aromatic heterocycles. The summed E-state index contributed by atoms with van der Waals surface area (Å²) in [7, 11) is -0.924. The second-order valence-electron chi connectivity index (χ2n) is 6.07. The highest BCUT2D eigenvalue weighted by molar-refractivity contribution is 7.89. The van der Waals surface area contributed by atoms with Crippen LogP contribution < -0.4 is 19.5 Å². The minimum atomic E-state index is -3.80. The van der Waals surface area contributed by atoms with E-state index in [1.54, 1.807) is 35.3 Å². The summed E-state index contributed by atoms with van der Waals surface area (Å²) in [5.41, 5.74) is 0.499. The molecular formula is C19H21N5O5S. The van der Waals surface area contributed by atoms with Crippen LogP contribution in [0.4, 0.5) is 5.69 Å². The van der Waals surface area contributed by atoms with E-state index >= 15 is 0 Å². The molecule has 0 aliphatic rings. The van der Waals surface area contributed by atoms with E-state index in [0.29, 0.717) is 23.0 Å². The van der Waals surface area contributed by atoms with Gasteiger partial charge in [0.15, 0.2) is 17.3 Å². The van der Waals surface area contributed by atoms with Crippen molar-refractivity contribution in [3.63, 3.8) is 0 Å². The quantitative estimate of drug-likeness (QED) is 0.527. The van der Waals surface area contributed by atoms with Crippen molar-refractivity contribution in [1.29, 1.82) is 0 Å². The summed E-state index contributed by atoms with van der Waals surface area (Å²) in [5, 5.41) is 6.74. The SMILES string of the molecule is COc1ccc(S(=O)(=O)NCCC(=O)Nc2ccc(-n3cccn3)nc2)cc1OC. The van der Waals surface area contributed by atoms with Gasteiger partial charge in [-0.2, -0.15) is 5.10 Å². The zero-order chi connectivity index (χ0) is 21.6. The van der Waals surface area contributed by atoms with E-state index in [1.165, 1.54) is 38.6 Å². The van der Waals surface area contributed by atoms with Crippen LogP contribution in [0.5, 0.6) is 11.5 Å². The lowest BCUT2D eigenvalue weighted by Crippen LogP contribution is -2.28. The van der Waals surface area contributed by atoms with Crippen LogP contribution >= 0.6 is 0 Å². The maximum atomic E-state index is 12.4. The van der Waals surface area contributed by atoms with E-state index in [1.807, 2.05) is 0 Å². The molecule has 1 aromatic carbocycles. The van der Waals surface area contributed by atoms with Gasteiger partial charge in [-0.25, -0.2) is 22.8 Å². The Hall–Kier alpha value is -3.44. The summed E-state index contributed by atoms with van der Waals surface area (Å²) in [6.07, 6.45) is 4.85. The Balaban J connectivity index is 1.53. The van der Waals surface area contributed by atoms with Crippen LogP contribution in [0.1, 0.15) is 6.42 Å². The Bertz CT molecular complexity index is 1100. The van der Waals surface area contributed by atoms with Crippen molar-refractivity contribution in [1.82, 2.24) is 19.5 Å². The number of hydrogen-bond donors (Lipinski definition) is 2. The first kappa shape index (κ1) is 21.3. The first-order valence-corrected chi connectivity index (χ1v) is 10.4. The monoisotopic (exact) mass is 431 g/mol. The molecule has 0 saturated carbocycles. The number of methoxy groups -OCH3 is 2. The summed E-state index contributed by atoms with van der Waals surface area (Å²) in [6, 6.07) is 9.43. The van der Waals surface area contributed by atoms with Crippen molar-refractivity contribution < 1.29 is 22.7 Å². The van der Waals surface area contributed by atoms with Gasteiger partial charge >= 0.3 is 0 Å². The normalized spacial score (nSPS) is 11.1. The molecule has 0 radical (unpaired) electrons. The Labute approximate surface area is 173 Å². The molecule has 11 heteroatoms. The van der Waals surface area contributed by atoms with Gasteiger partial charge in [-0.05, 0) is 30.3 Å². The minimum absolute atomic E-state index is 0.0129. The third-order valence-electron chi connectivity index (χ3n) is 4.08. The predicted octanol–water partition coefficient (Wildman–Crippen LogP) is 1.59.